The second-order valence-electron chi connectivity index (χ2n) is 6.76. The van der Waals surface area contributed by atoms with Gasteiger partial charge >= 0.3 is 0 Å². The number of nitrogens with zero attached hydrogens (tertiary/aromatic N) is 3. The molecule has 0 amide bonds. The van der Waals surface area contributed by atoms with Crippen molar-refractivity contribution in [3.63, 3.8) is 0 Å². The van der Waals surface area contributed by atoms with Gasteiger partial charge in [-0.2, -0.15) is 0 Å². The number of hydrogen-bond donors (Lipinski definition) is 0. The summed E-state index contributed by atoms with van der Waals surface area (Å²) < 4.78 is 23.7. The standard InChI is InChI=1S/C23H21N3O5/c1-15-11-24-21-9-8-18(13-26(21)23(15)27)31-19-10-20(29-3)22(25-12-19)30-14-16-4-6-17(28-2)7-5-16/h4-13H,14H2,1-3H3. The Morgan fingerprint density at radius 1 is 0.903 bits per heavy atom. The molecule has 0 aliphatic carbocycles. The number of fused-ring (bicyclic) bond motifs is 1. The van der Waals surface area contributed by atoms with Gasteiger partial charge in [-0.3, -0.25) is 9.20 Å². The summed E-state index contributed by atoms with van der Waals surface area (Å²) in [5.74, 6) is 2.48. The molecule has 8 nitrogen and oxygen atoms in total. The van der Waals surface area contributed by atoms with Gasteiger partial charge in [-0.25, -0.2) is 9.97 Å². The zero-order chi connectivity index (χ0) is 21.8. The maximum atomic E-state index is 12.3. The smallest absolute Gasteiger partial charge is 0.260 e. The van der Waals surface area contributed by atoms with E-state index in [1.54, 1.807) is 44.6 Å². The molecule has 0 atom stereocenters. The molecule has 4 aromatic rings. The van der Waals surface area contributed by atoms with Gasteiger partial charge in [0.2, 0.25) is 0 Å². The highest BCUT2D eigenvalue weighted by atomic mass is 16.5. The SMILES string of the molecule is COc1ccc(COc2ncc(Oc3ccc4ncc(C)c(=O)n4c3)cc2OC)cc1. The molecule has 0 saturated heterocycles. The predicted molar refractivity (Wildman–Crippen MR) is 114 cm³/mol. The number of ether oxygens (including phenoxy) is 4. The maximum absolute atomic E-state index is 12.3. The number of hydrogen-bond acceptors (Lipinski definition) is 7. The maximum Gasteiger partial charge on any atom is 0.260 e. The number of benzene rings is 1. The monoisotopic (exact) mass is 419 g/mol. The first-order valence-corrected chi connectivity index (χ1v) is 9.53. The lowest BCUT2D eigenvalue weighted by Gasteiger charge is -2.12. The van der Waals surface area contributed by atoms with Gasteiger partial charge in [-0.1, -0.05) is 12.1 Å². The van der Waals surface area contributed by atoms with Crippen LogP contribution in [-0.2, 0) is 6.61 Å². The Balaban J connectivity index is 1.51. The molecule has 1 aromatic carbocycles. The minimum atomic E-state index is -0.145. The molecule has 158 valence electrons. The van der Waals surface area contributed by atoms with Crippen LogP contribution >= 0.6 is 0 Å². The zero-order valence-corrected chi connectivity index (χ0v) is 17.4. The average molecular weight is 419 g/mol. The molecular weight excluding hydrogens is 398 g/mol. The van der Waals surface area contributed by atoms with E-state index in [2.05, 4.69) is 9.97 Å². The van der Waals surface area contributed by atoms with Crippen LogP contribution < -0.4 is 24.5 Å². The lowest BCUT2D eigenvalue weighted by Crippen LogP contribution is -2.16. The molecule has 31 heavy (non-hydrogen) atoms. The van der Waals surface area contributed by atoms with E-state index in [0.717, 1.165) is 11.3 Å². The Morgan fingerprint density at radius 2 is 1.68 bits per heavy atom. The fourth-order valence-corrected chi connectivity index (χ4v) is 2.94. The van der Waals surface area contributed by atoms with Crippen molar-refractivity contribution in [1.82, 2.24) is 14.4 Å². The Bertz CT molecular complexity index is 1270. The van der Waals surface area contributed by atoms with Crippen LogP contribution in [0.15, 0.2) is 65.8 Å². The molecule has 0 N–H and O–H groups in total. The van der Waals surface area contributed by atoms with Gasteiger partial charge in [0.05, 0.1) is 26.6 Å². The average Bonchev–Trinajstić information content (AvgIpc) is 2.81. The summed E-state index contributed by atoms with van der Waals surface area (Å²) >= 11 is 0. The third-order valence-electron chi connectivity index (χ3n) is 4.63. The van der Waals surface area contributed by atoms with Crippen LogP contribution in [0.5, 0.6) is 28.9 Å². The van der Waals surface area contributed by atoms with Crippen LogP contribution in [0.4, 0.5) is 0 Å². The summed E-state index contributed by atoms with van der Waals surface area (Å²) in [5.41, 5.74) is 1.92. The highest BCUT2D eigenvalue weighted by Gasteiger charge is 2.11. The van der Waals surface area contributed by atoms with Gasteiger partial charge in [-0.05, 0) is 36.8 Å². The highest BCUT2D eigenvalue weighted by Crippen LogP contribution is 2.31. The first kappa shape index (κ1) is 20.2. The summed E-state index contributed by atoms with van der Waals surface area (Å²) in [6.07, 6.45) is 4.68. The number of aromatic nitrogens is 3. The third kappa shape index (κ3) is 4.42. The van der Waals surface area contributed by atoms with E-state index < -0.39 is 0 Å². The number of methoxy groups -OCH3 is 2. The minimum absolute atomic E-state index is 0.145. The highest BCUT2D eigenvalue weighted by molar-refractivity contribution is 5.44. The Hall–Kier alpha value is -4.07. The molecule has 0 radical (unpaired) electrons. The predicted octanol–water partition coefficient (Wildman–Crippen LogP) is 3.79. The summed E-state index contributed by atoms with van der Waals surface area (Å²) in [6, 6.07) is 12.7. The summed E-state index contributed by atoms with van der Waals surface area (Å²) in [4.78, 5) is 20.9. The molecule has 4 rings (SSSR count). The van der Waals surface area contributed by atoms with Crippen LogP contribution in [0.1, 0.15) is 11.1 Å². The zero-order valence-electron chi connectivity index (χ0n) is 17.4. The lowest BCUT2D eigenvalue weighted by atomic mass is 10.2. The van der Waals surface area contributed by atoms with E-state index in [1.165, 1.54) is 17.7 Å². The first-order valence-electron chi connectivity index (χ1n) is 9.53. The van der Waals surface area contributed by atoms with E-state index in [-0.39, 0.29) is 5.56 Å². The van der Waals surface area contributed by atoms with E-state index in [4.69, 9.17) is 18.9 Å². The molecule has 0 saturated carbocycles. The van der Waals surface area contributed by atoms with E-state index in [1.807, 2.05) is 24.3 Å². The molecule has 3 aromatic heterocycles. The quantitative estimate of drug-likeness (QED) is 0.451. The van der Waals surface area contributed by atoms with Crippen molar-refractivity contribution < 1.29 is 18.9 Å². The second-order valence-corrected chi connectivity index (χ2v) is 6.76. The molecule has 0 bridgehead atoms. The Labute approximate surface area is 178 Å². The largest absolute Gasteiger partial charge is 0.497 e. The van der Waals surface area contributed by atoms with Crippen molar-refractivity contribution in [3.8, 4) is 28.9 Å². The van der Waals surface area contributed by atoms with E-state index in [9.17, 15) is 4.79 Å². The van der Waals surface area contributed by atoms with Crippen LogP contribution in [0.3, 0.4) is 0 Å². The van der Waals surface area contributed by atoms with Crippen molar-refractivity contribution in [3.05, 3.63) is 82.5 Å². The topological polar surface area (TPSA) is 84.2 Å². The molecule has 0 aliphatic heterocycles. The van der Waals surface area contributed by atoms with Crippen molar-refractivity contribution in [1.29, 1.82) is 0 Å². The first-order chi connectivity index (χ1) is 15.1. The number of pyridine rings is 2. The third-order valence-corrected chi connectivity index (χ3v) is 4.63. The molecule has 0 spiro atoms. The Kier molecular flexibility index (Phi) is 5.70. The minimum Gasteiger partial charge on any atom is -0.497 e. The van der Waals surface area contributed by atoms with Crippen molar-refractivity contribution >= 4 is 5.65 Å². The lowest BCUT2D eigenvalue weighted by molar-refractivity contribution is 0.271. The van der Waals surface area contributed by atoms with Gasteiger partial charge < -0.3 is 18.9 Å². The second kappa shape index (κ2) is 8.74. The van der Waals surface area contributed by atoms with Gasteiger partial charge in [0, 0.05) is 17.8 Å². The van der Waals surface area contributed by atoms with Crippen LogP contribution in [0.25, 0.3) is 5.65 Å². The van der Waals surface area contributed by atoms with Crippen LogP contribution in [0.2, 0.25) is 0 Å². The fourth-order valence-electron chi connectivity index (χ4n) is 2.94. The molecule has 0 fully saturated rings. The molecule has 8 heteroatoms. The van der Waals surface area contributed by atoms with Crippen molar-refractivity contribution in [2.45, 2.75) is 13.5 Å². The fraction of sp³-hybridized carbons (Fsp3) is 0.174. The molecule has 3 heterocycles. The normalized spacial score (nSPS) is 10.7. The number of rotatable bonds is 7. The van der Waals surface area contributed by atoms with Crippen molar-refractivity contribution in [2.75, 3.05) is 14.2 Å². The molecular formula is C23H21N3O5. The summed E-state index contributed by atoms with van der Waals surface area (Å²) in [5, 5.41) is 0. The van der Waals surface area contributed by atoms with Crippen LogP contribution in [-0.4, -0.2) is 28.6 Å². The Morgan fingerprint density at radius 3 is 2.42 bits per heavy atom. The van der Waals surface area contributed by atoms with Gasteiger partial charge in [0.15, 0.2) is 5.75 Å². The van der Waals surface area contributed by atoms with E-state index in [0.29, 0.717) is 40.9 Å². The molecule has 0 unspecified atom stereocenters. The van der Waals surface area contributed by atoms with Gasteiger partial charge in [0.25, 0.3) is 11.4 Å². The summed E-state index contributed by atoms with van der Waals surface area (Å²) in [6.45, 7) is 2.04. The summed E-state index contributed by atoms with van der Waals surface area (Å²) in [7, 11) is 3.16. The van der Waals surface area contributed by atoms with Gasteiger partial charge in [0.1, 0.15) is 29.5 Å². The van der Waals surface area contributed by atoms with Crippen molar-refractivity contribution in [2.24, 2.45) is 0 Å². The van der Waals surface area contributed by atoms with Crippen LogP contribution in [0, 0.1) is 6.92 Å². The molecule has 0 aliphatic rings. The van der Waals surface area contributed by atoms with Gasteiger partial charge in [-0.15, -0.1) is 0 Å². The van der Waals surface area contributed by atoms with E-state index >= 15 is 0 Å². The number of aryl methyl sites for hydroxylation is 1.